The lowest BCUT2D eigenvalue weighted by Crippen LogP contribution is -2.35. The summed E-state index contributed by atoms with van der Waals surface area (Å²) in [5.74, 6) is 0.545. The van der Waals surface area contributed by atoms with E-state index in [1.807, 2.05) is 12.1 Å². The van der Waals surface area contributed by atoms with E-state index < -0.39 is 10.0 Å². The van der Waals surface area contributed by atoms with Crippen LogP contribution in [0, 0.1) is 0 Å². The molecule has 176 valence electrons. The normalized spacial score (nSPS) is 17.3. The van der Waals surface area contributed by atoms with Crippen LogP contribution in [0.15, 0.2) is 52.5 Å². The van der Waals surface area contributed by atoms with Gasteiger partial charge in [0, 0.05) is 55.8 Å². The van der Waals surface area contributed by atoms with Crippen molar-refractivity contribution >= 4 is 45.0 Å². The number of benzene rings is 1. The van der Waals surface area contributed by atoms with E-state index in [1.165, 1.54) is 22.3 Å². The van der Waals surface area contributed by atoms with E-state index >= 15 is 0 Å². The summed E-state index contributed by atoms with van der Waals surface area (Å²) in [5.41, 5.74) is 1.54. The quantitative estimate of drug-likeness (QED) is 0.571. The van der Waals surface area contributed by atoms with E-state index in [0.717, 1.165) is 37.9 Å². The van der Waals surface area contributed by atoms with Crippen LogP contribution in [0.1, 0.15) is 38.5 Å². The van der Waals surface area contributed by atoms with Gasteiger partial charge in [0.05, 0.1) is 5.03 Å². The Hall–Kier alpha value is -2.43. The number of aromatic nitrogens is 1. The van der Waals surface area contributed by atoms with Gasteiger partial charge in [-0.25, -0.2) is 13.4 Å². The molecule has 10 heteroatoms. The van der Waals surface area contributed by atoms with Gasteiger partial charge in [0.1, 0.15) is 4.90 Å². The van der Waals surface area contributed by atoms with Crippen molar-refractivity contribution in [1.29, 1.82) is 0 Å². The zero-order chi connectivity index (χ0) is 23.3. The third-order valence-corrected chi connectivity index (χ3v) is 8.60. The third-order valence-electron chi connectivity index (χ3n) is 5.78. The maximum atomic E-state index is 12.7. The average molecular weight is 489 g/mol. The zero-order valence-corrected chi connectivity index (χ0v) is 20.0. The molecule has 2 fully saturated rings. The van der Waals surface area contributed by atoms with Crippen LogP contribution in [-0.2, 0) is 19.6 Å². The minimum absolute atomic E-state index is 0.114. The van der Waals surface area contributed by atoms with Gasteiger partial charge in [-0.15, -0.1) is 11.8 Å². The first-order valence-electron chi connectivity index (χ1n) is 11.2. The number of sulfonamides is 1. The average Bonchev–Trinajstić information content (AvgIpc) is 3.26. The summed E-state index contributed by atoms with van der Waals surface area (Å²) in [4.78, 5) is 30.3. The molecule has 1 N–H and O–H groups in total. The van der Waals surface area contributed by atoms with E-state index in [9.17, 15) is 18.0 Å². The van der Waals surface area contributed by atoms with Gasteiger partial charge in [-0.1, -0.05) is 6.42 Å². The van der Waals surface area contributed by atoms with E-state index in [1.54, 1.807) is 29.2 Å². The van der Waals surface area contributed by atoms with Crippen molar-refractivity contribution in [3.63, 3.8) is 0 Å². The fourth-order valence-corrected chi connectivity index (χ4v) is 6.23. The number of nitrogens with zero attached hydrogens (tertiary/aromatic N) is 3. The first-order valence-corrected chi connectivity index (χ1v) is 13.7. The predicted molar refractivity (Wildman–Crippen MR) is 129 cm³/mol. The van der Waals surface area contributed by atoms with Crippen LogP contribution in [0.25, 0.3) is 0 Å². The van der Waals surface area contributed by atoms with Gasteiger partial charge in [-0.05, 0) is 55.7 Å². The Balaban J connectivity index is 1.23. The highest BCUT2D eigenvalue weighted by Crippen LogP contribution is 2.24. The largest absolute Gasteiger partial charge is 0.326 e. The molecule has 0 unspecified atom stereocenters. The van der Waals surface area contributed by atoms with Crippen LogP contribution >= 0.6 is 11.8 Å². The lowest BCUT2D eigenvalue weighted by atomic mass is 10.2. The molecule has 0 radical (unpaired) electrons. The Bertz CT molecular complexity index is 1080. The molecule has 0 atom stereocenters. The number of hydrogen-bond donors (Lipinski definition) is 1. The number of carbonyl (C=O) groups is 2. The lowest BCUT2D eigenvalue weighted by Gasteiger charge is -2.25. The topological polar surface area (TPSA) is 99.7 Å². The van der Waals surface area contributed by atoms with E-state index in [0.29, 0.717) is 42.4 Å². The van der Waals surface area contributed by atoms with Crippen molar-refractivity contribution in [3.05, 3.63) is 42.6 Å². The molecule has 0 bridgehead atoms. The standard InChI is InChI=1S/C23H28N4O4S2/c28-21(25-18-6-8-19(9-7-18)27-15-4-5-23(27)29)12-16-32-22-11-10-20(17-24-22)33(30,31)26-13-2-1-3-14-26/h6-11,17H,1-5,12-16H2,(H,25,28). The number of amides is 2. The van der Waals surface area contributed by atoms with Crippen molar-refractivity contribution < 1.29 is 18.0 Å². The molecule has 2 aliphatic heterocycles. The molecule has 2 aliphatic rings. The van der Waals surface area contributed by atoms with E-state index in [2.05, 4.69) is 10.3 Å². The number of pyridine rings is 1. The number of anilines is 2. The summed E-state index contributed by atoms with van der Waals surface area (Å²) in [7, 11) is -3.48. The zero-order valence-electron chi connectivity index (χ0n) is 18.4. The molecule has 8 nitrogen and oxygen atoms in total. The van der Waals surface area contributed by atoms with Crippen LogP contribution in [0.2, 0.25) is 0 Å². The number of hydrogen-bond acceptors (Lipinski definition) is 6. The third kappa shape index (κ3) is 5.93. The molecular formula is C23H28N4O4S2. The van der Waals surface area contributed by atoms with Gasteiger partial charge in [-0.2, -0.15) is 4.31 Å². The lowest BCUT2D eigenvalue weighted by molar-refractivity contribution is -0.117. The SMILES string of the molecule is O=C(CCSc1ccc(S(=O)(=O)N2CCCCC2)cn1)Nc1ccc(N2CCCC2=O)cc1. The molecule has 0 spiro atoms. The van der Waals surface area contributed by atoms with Crippen molar-refractivity contribution in [2.75, 3.05) is 35.6 Å². The molecule has 2 aromatic rings. The number of nitrogens with one attached hydrogen (secondary N) is 1. The summed E-state index contributed by atoms with van der Waals surface area (Å²) in [6, 6.07) is 10.6. The first kappa shape index (κ1) is 23.7. The molecular weight excluding hydrogens is 460 g/mol. The highest BCUT2D eigenvalue weighted by atomic mass is 32.2. The minimum Gasteiger partial charge on any atom is -0.326 e. The highest BCUT2D eigenvalue weighted by Gasteiger charge is 2.26. The Morgan fingerprint density at radius 3 is 2.39 bits per heavy atom. The van der Waals surface area contributed by atoms with Crippen molar-refractivity contribution in [1.82, 2.24) is 9.29 Å². The summed E-state index contributed by atoms with van der Waals surface area (Å²) < 4.78 is 26.9. The second kappa shape index (κ2) is 10.7. The van der Waals surface area contributed by atoms with Crippen LogP contribution < -0.4 is 10.2 Å². The fourth-order valence-electron chi connectivity index (χ4n) is 3.98. The first-order chi connectivity index (χ1) is 15.9. The maximum Gasteiger partial charge on any atom is 0.244 e. The number of thioether (sulfide) groups is 1. The van der Waals surface area contributed by atoms with Crippen molar-refractivity contribution in [2.45, 2.75) is 48.4 Å². The Morgan fingerprint density at radius 2 is 1.76 bits per heavy atom. The molecule has 2 saturated heterocycles. The Labute approximate surface area is 198 Å². The van der Waals surface area contributed by atoms with E-state index in [-0.39, 0.29) is 16.7 Å². The molecule has 2 amide bonds. The highest BCUT2D eigenvalue weighted by molar-refractivity contribution is 7.99. The van der Waals surface area contributed by atoms with Crippen LogP contribution in [-0.4, -0.2) is 54.9 Å². The maximum absolute atomic E-state index is 12.7. The monoisotopic (exact) mass is 488 g/mol. The van der Waals surface area contributed by atoms with Gasteiger partial charge in [0.2, 0.25) is 21.8 Å². The number of carbonyl (C=O) groups excluding carboxylic acids is 2. The molecule has 0 saturated carbocycles. The summed E-state index contributed by atoms with van der Waals surface area (Å²) in [6.45, 7) is 1.86. The predicted octanol–water partition coefficient (Wildman–Crippen LogP) is 3.50. The second-order valence-corrected chi connectivity index (χ2v) is 11.2. The van der Waals surface area contributed by atoms with Gasteiger partial charge >= 0.3 is 0 Å². The van der Waals surface area contributed by atoms with Gasteiger partial charge in [0.25, 0.3) is 0 Å². The number of rotatable bonds is 8. The summed E-state index contributed by atoms with van der Waals surface area (Å²) in [5, 5.41) is 3.54. The summed E-state index contributed by atoms with van der Waals surface area (Å²) in [6.07, 6.45) is 6.02. The second-order valence-electron chi connectivity index (χ2n) is 8.14. The molecule has 3 heterocycles. The van der Waals surface area contributed by atoms with Gasteiger partial charge in [-0.3, -0.25) is 9.59 Å². The Kier molecular flexibility index (Phi) is 7.67. The van der Waals surface area contributed by atoms with Crippen LogP contribution in [0.3, 0.4) is 0 Å². The molecule has 1 aromatic carbocycles. The summed E-state index contributed by atoms with van der Waals surface area (Å²) >= 11 is 1.41. The Morgan fingerprint density at radius 1 is 1.00 bits per heavy atom. The smallest absolute Gasteiger partial charge is 0.244 e. The molecule has 4 rings (SSSR count). The van der Waals surface area contributed by atoms with Crippen molar-refractivity contribution in [3.8, 4) is 0 Å². The van der Waals surface area contributed by atoms with Crippen molar-refractivity contribution in [2.24, 2.45) is 0 Å². The number of piperidine rings is 1. The molecule has 33 heavy (non-hydrogen) atoms. The van der Waals surface area contributed by atoms with Crippen LogP contribution in [0.5, 0.6) is 0 Å². The van der Waals surface area contributed by atoms with E-state index in [4.69, 9.17) is 0 Å². The fraction of sp³-hybridized carbons (Fsp3) is 0.435. The van der Waals surface area contributed by atoms with Gasteiger partial charge < -0.3 is 10.2 Å². The van der Waals surface area contributed by atoms with Gasteiger partial charge in [0.15, 0.2) is 0 Å². The minimum atomic E-state index is -3.48. The molecule has 1 aromatic heterocycles. The molecule has 0 aliphatic carbocycles. The van der Waals surface area contributed by atoms with Crippen LogP contribution in [0.4, 0.5) is 11.4 Å².